The van der Waals surface area contributed by atoms with Gasteiger partial charge in [0, 0.05) is 11.8 Å². The van der Waals surface area contributed by atoms with Gasteiger partial charge in [0.15, 0.2) is 9.84 Å². The highest BCUT2D eigenvalue weighted by molar-refractivity contribution is 7.90. The molecule has 2 rings (SSSR count). The minimum absolute atomic E-state index is 0.0440. The van der Waals surface area contributed by atoms with Gasteiger partial charge in [0.05, 0.1) is 16.0 Å². The summed E-state index contributed by atoms with van der Waals surface area (Å²) in [7, 11) is -3.50. The van der Waals surface area contributed by atoms with Crippen molar-refractivity contribution in [2.75, 3.05) is 6.26 Å². The zero-order valence-electron chi connectivity index (χ0n) is 15.4. The molecule has 1 amide bonds. The van der Waals surface area contributed by atoms with E-state index in [2.05, 4.69) is 31.3 Å². The van der Waals surface area contributed by atoms with Gasteiger partial charge in [0.2, 0.25) is 0 Å². The Hall–Kier alpha value is -1.85. The van der Waals surface area contributed by atoms with E-state index in [9.17, 15) is 13.2 Å². The zero-order valence-corrected chi connectivity index (χ0v) is 17.0. The number of sulfone groups is 1. The molecule has 0 heterocycles. The van der Waals surface area contributed by atoms with Gasteiger partial charge in [-0.3, -0.25) is 4.79 Å². The van der Waals surface area contributed by atoms with Crippen LogP contribution in [0, 0.1) is 5.92 Å². The van der Waals surface area contributed by atoms with E-state index in [1.54, 1.807) is 0 Å². The first-order valence-electron chi connectivity index (χ1n) is 8.47. The van der Waals surface area contributed by atoms with Gasteiger partial charge in [-0.25, -0.2) is 8.42 Å². The molecule has 1 atom stereocenters. The van der Waals surface area contributed by atoms with E-state index in [4.69, 9.17) is 11.6 Å². The first-order chi connectivity index (χ1) is 12.1. The van der Waals surface area contributed by atoms with Crippen LogP contribution in [0.1, 0.15) is 48.3 Å². The van der Waals surface area contributed by atoms with Crippen LogP contribution in [0.2, 0.25) is 5.02 Å². The fraction of sp³-hybridized carbons (Fsp3) is 0.350. The topological polar surface area (TPSA) is 63.2 Å². The molecular formula is C20H24ClNO3S. The first kappa shape index (κ1) is 20.5. The fourth-order valence-electron chi connectivity index (χ4n) is 2.71. The van der Waals surface area contributed by atoms with E-state index in [1.165, 1.54) is 23.8 Å². The average molecular weight is 394 g/mol. The number of carbonyl (C=O) groups excluding carboxylic acids is 1. The van der Waals surface area contributed by atoms with Gasteiger partial charge in [0.1, 0.15) is 0 Å². The predicted octanol–water partition coefficient (Wildman–Crippen LogP) is 4.43. The number of benzene rings is 2. The quantitative estimate of drug-likeness (QED) is 0.789. The van der Waals surface area contributed by atoms with Crippen LogP contribution >= 0.6 is 11.6 Å². The van der Waals surface area contributed by atoms with E-state index < -0.39 is 9.84 Å². The summed E-state index contributed by atoms with van der Waals surface area (Å²) in [6.45, 7) is 6.24. The van der Waals surface area contributed by atoms with Crippen LogP contribution in [0.4, 0.5) is 0 Å². The third-order valence-electron chi connectivity index (χ3n) is 4.06. The molecule has 0 aliphatic heterocycles. The largest absolute Gasteiger partial charge is 0.346 e. The number of rotatable bonds is 6. The molecule has 0 aromatic heterocycles. The van der Waals surface area contributed by atoms with E-state index in [1.807, 2.05) is 19.1 Å². The van der Waals surface area contributed by atoms with Crippen LogP contribution < -0.4 is 5.32 Å². The van der Waals surface area contributed by atoms with Crippen molar-refractivity contribution in [3.8, 4) is 0 Å². The van der Waals surface area contributed by atoms with Gasteiger partial charge in [0.25, 0.3) is 5.91 Å². The van der Waals surface area contributed by atoms with Crippen molar-refractivity contribution in [1.82, 2.24) is 5.32 Å². The van der Waals surface area contributed by atoms with Crippen LogP contribution in [0.3, 0.4) is 0 Å². The zero-order chi connectivity index (χ0) is 19.5. The Bertz CT molecular complexity index is 890. The Balaban J connectivity index is 2.14. The maximum atomic E-state index is 12.5. The Kier molecular flexibility index (Phi) is 6.48. The molecule has 6 heteroatoms. The van der Waals surface area contributed by atoms with Crippen LogP contribution in [0.25, 0.3) is 0 Å². The lowest BCUT2D eigenvalue weighted by Crippen LogP contribution is -2.26. The molecule has 0 aliphatic rings. The van der Waals surface area contributed by atoms with Crippen molar-refractivity contribution in [3.05, 3.63) is 64.2 Å². The fourth-order valence-corrected chi connectivity index (χ4v) is 4.01. The second-order valence-corrected chi connectivity index (χ2v) is 9.34. The van der Waals surface area contributed by atoms with Crippen molar-refractivity contribution < 1.29 is 13.2 Å². The second kappa shape index (κ2) is 8.23. The van der Waals surface area contributed by atoms with Gasteiger partial charge in [-0.05, 0) is 48.6 Å². The Morgan fingerprint density at radius 2 is 1.69 bits per heavy atom. The molecule has 140 valence electrons. The van der Waals surface area contributed by atoms with E-state index in [-0.39, 0.29) is 27.4 Å². The molecule has 0 radical (unpaired) electrons. The lowest BCUT2D eigenvalue weighted by molar-refractivity contribution is 0.0939. The molecular weight excluding hydrogens is 370 g/mol. The van der Waals surface area contributed by atoms with Crippen molar-refractivity contribution >= 4 is 27.3 Å². The third-order valence-corrected chi connectivity index (χ3v) is 5.64. The summed E-state index contributed by atoms with van der Waals surface area (Å²) < 4.78 is 23.5. The number of halogens is 1. The minimum atomic E-state index is -3.50. The van der Waals surface area contributed by atoms with Crippen LogP contribution in [-0.4, -0.2) is 20.6 Å². The third kappa shape index (κ3) is 5.32. The number of hydrogen-bond donors (Lipinski definition) is 1. The number of nitrogens with one attached hydrogen (secondary N) is 1. The second-order valence-electron chi connectivity index (χ2n) is 6.95. The van der Waals surface area contributed by atoms with E-state index in [0.717, 1.165) is 18.2 Å². The van der Waals surface area contributed by atoms with Gasteiger partial charge in [-0.2, -0.15) is 0 Å². The maximum Gasteiger partial charge on any atom is 0.251 e. The smallest absolute Gasteiger partial charge is 0.251 e. The molecule has 0 saturated heterocycles. The molecule has 0 spiro atoms. The van der Waals surface area contributed by atoms with Crippen molar-refractivity contribution in [2.45, 2.75) is 38.1 Å². The molecule has 1 N–H and O–H groups in total. The number of carbonyl (C=O) groups is 1. The summed E-state index contributed by atoms with van der Waals surface area (Å²) in [4.78, 5) is 12.4. The van der Waals surface area contributed by atoms with E-state index in [0.29, 0.717) is 5.92 Å². The Morgan fingerprint density at radius 3 is 2.23 bits per heavy atom. The SMILES string of the molecule is CC(C)Cc1ccc(C(C)NC(=O)c2ccc(Cl)c(S(C)(=O)=O)c2)cc1. The molecule has 1 unspecified atom stereocenters. The number of hydrogen-bond acceptors (Lipinski definition) is 3. The Morgan fingerprint density at radius 1 is 1.08 bits per heavy atom. The van der Waals surface area contributed by atoms with Crippen LogP contribution in [-0.2, 0) is 16.3 Å². The first-order valence-corrected chi connectivity index (χ1v) is 10.7. The summed E-state index contributed by atoms with van der Waals surface area (Å²) in [5.41, 5.74) is 2.51. The van der Waals surface area contributed by atoms with Crippen LogP contribution in [0.15, 0.2) is 47.4 Å². The van der Waals surface area contributed by atoms with Gasteiger partial charge in [-0.1, -0.05) is 49.7 Å². The molecule has 0 bridgehead atoms. The molecule has 4 nitrogen and oxygen atoms in total. The maximum absolute atomic E-state index is 12.5. The highest BCUT2D eigenvalue weighted by atomic mass is 35.5. The van der Waals surface area contributed by atoms with Crippen LogP contribution in [0.5, 0.6) is 0 Å². The van der Waals surface area contributed by atoms with Gasteiger partial charge >= 0.3 is 0 Å². The van der Waals surface area contributed by atoms with Gasteiger partial charge in [-0.15, -0.1) is 0 Å². The van der Waals surface area contributed by atoms with E-state index >= 15 is 0 Å². The summed E-state index contributed by atoms with van der Waals surface area (Å²) in [6, 6.07) is 12.2. The molecule has 0 saturated carbocycles. The normalized spacial score (nSPS) is 12.8. The highest BCUT2D eigenvalue weighted by Gasteiger charge is 2.17. The summed E-state index contributed by atoms with van der Waals surface area (Å²) in [5, 5.41) is 3.00. The standard InChI is InChI=1S/C20H24ClNO3S/c1-13(2)11-15-5-7-16(8-6-15)14(3)22-20(23)17-9-10-18(21)19(12-17)26(4,24)25/h5-10,12-14H,11H2,1-4H3,(H,22,23). The highest BCUT2D eigenvalue weighted by Crippen LogP contribution is 2.23. The van der Waals surface area contributed by atoms with Gasteiger partial charge < -0.3 is 5.32 Å². The molecule has 26 heavy (non-hydrogen) atoms. The average Bonchev–Trinajstić information content (AvgIpc) is 2.54. The van der Waals surface area contributed by atoms with Crippen molar-refractivity contribution in [2.24, 2.45) is 5.92 Å². The molecule has 2 aromatic rings. The lowest BCUT2D eigenvalue weighted by Gasteiger charge is -2.16. The Labute approximate surface area is 160 Å². The molecule has 0 aliphatic carbocycles. The van der Waals surface area contributed by atoms with Crippen molar-refractivity contribution in [3.63, 3.8) is 0 Å². The summed E-state index contributed by atoms with van der Waals surface area (Å²) in [5.74, 6) is 0.247. The monoisotopic (exact) mass is 393 g/mol. The lowest BCUT2D eigenvalue weighted by atomic mass is 10.00. The minimum Gasteiger partial charge on any atom is -0.346 e. The van der Waals surface area contributed by atoms with Crippen molar-refractivity contribution in [1.29, 1.82) is 0 Å². The number of amides is 1. The summed E-state index contributed by atoms with van der Waals surface area (Å²) in [6.07, 6.45) is 2.08. The summed E-state index contributed by atoms with van der Waals surface area (Å²) >= 11 is 5.93. The molecule has 2 aromatic carbocycles. The predicted molar refractivity (Wildman–Crippen MR) is 105 cm³/mol. The molecule has 0 fully saturated rings.